The van der Waals surface area contributed by atoms with E-state index in [4.69, 9.17) is 0 Å². The van der Waals surface area contributed by atoms with Crippen molar-refractivity contribution in [3.05, 3.63) is 35.4 Å². The summed E-state index contributed by atoms with van der Waals surface area (Å²) in [7, 11) is 0. The van der Waals surface area contributed by atoms with Crippen LogP contribution < -0.4 is 10.6 Å². The van der Waals surface area contributed by atoms with Crippen molar-refractivity contribution in [3.63, 3.8) is 0 Å². The molecule has 0 spiro atoms. The second-order valence-electron chi connectivity index (χ2n) is 5.24. The van der Waals surface area contributed by atoms with Crippen molar-refractivity contribution in [2.75, 3.05) is 6.54 Å². The molecular weight excluding hydrogens is 236 g/mol. The van der Waals surface area contributed by atoms with Crippen LogP contribution in [0.2, 0.25) is 0 Å². The maximum absolute atomic E-state index is 11.8. The number of benzene rings is 1. The third kappa shape index (κ3) is 5.88. The molecule has 1 aromatic rings. The fraction of sp³-hybridized carbons (Fsp3) is 0.562. The fourth-order valence-corrected chi connectivity index (χ4v) is 1.91. The van der Waals surface area contributed by atoms with Crippen molar-refractivity contribution >= 4 is 5.91 Å². The smallest absolute Gasteiger partial charge is 0.221 e. The summed E-state index contributed by atoms with van der Waals surface area (Å²) >= 11 is 0. The van der Waals surface area contributed by atoms with Gasteiger partial charge in [-0.05, 0) is 24.5 Å². The Bertz CT molecular complexity index is 384. The summed E-state index contributed by atoms with van der Waals surface area (Å²) in [5.74, 6) is 0.0974. The highest BCUT2D eigenvalue weighted by Crippen LogP contribution is 2.13. The minimum Gasteiger partial charge on any atom is -0.350 e. The van der Waals surface area contributed by atoms with Crippen LogP contribution in [0.15, 0.2) is 24.3 Å². The molecule has 0 aliphatic heterocycles. The summed E-state index contributed by atoms with van der Waals surface area (Å²) in [5, 5.41) is 6.27. The maximum atomic E-state index is 11.8. The second kappa shape index (κ2) is 7.95. The van der Waals surface area contributed by atoms with Gasteiger partial charge in [0.1, 0.15) is 0 Å². The minimum absolute atomic E-state index is 0.0671. The van der Waals surface area contributed by atoms with Crippen molar-refractivity contribution in [1.82, 2.24) is 10.6 Å². The number of hydrogen-bond donors (Lipinski definition) is 2. The third-order valence-corrected chi connectivity index (χ3v) is 3.17. The van der Waals surface area contributed by atoms with E-state index in [1.165, 1.54) is 5.56 Å². The first-order chi connectivity index (χ1) is 9.02. The van der Waals surface area contributed by atoms with E-state index >= 15 is 0 Å². The van der Waals surface area contributed by atoms with E-state index in [-0.39, 0.29) is 11.9 Å². The van der Waals surface area contributed by atoms with Crippen molar-refractivity contribution in [1.29, 1.82) is 0 Å². The summed E-state index contributed by atoms with van der Waals surface area (Å²) in [6, 6.07) is 8.92. The molecule has 0 fully saturated rings. The van der Waals surface area contributed by atoms with Gasteiger partial charge >= 0.3 is 0 Å². The van der Waals surface area contributed by atoms with E-state index in [2.05, 4.69) is 55.7 Å². The normalized spacial score (nSPS) is 12.5. The molecule has 1 unspecified atom stereocenters. The topological polar surface area (TPSA) is 41.1 Å². The molecule has 1 atom stereocenters. The number of rotatable bonds is 7. The molecule has 106 valence electrons. The summed E-state index contributed by atoms with van der Waals surface area (Å²) in [6.45, 7) is 9.05. The SMILES string of the molecule is CCc1ccc(C(C)NC(=O)CCNC(C)C)cc1. The number of aryl methyl sites for hydroxylation is 1. The number of hydrogen-bond acceptors (Lipinski definition) is 2. The number of carbonyl (C=O) groups is 1. The first-order valence-corrected chi connectivity index (χ1v) is 7.14. The molecule has 0 bridgehead atoms. The average Bonchev–Trinajstić information content (AvgIpc) is 2.38. The average molecular weight is 262 g/mol. The molecule has 0 saturated carbocycles. The molecule has 1 rings (SSSR count). The quantitative estimate of drug-likeness (QED) is 0.793. The van der Waals surface area contributed by atoms with Crippen LogP contribution in [0, 0.1) is 0 Å². The monoisotopic (exact) mass is 262 g/mol. The fourth-order valence-electron chi connectivity index (χ4n) is 1.91. The molecule has 3 heteroatoms. The number of amides is 1. The number of nitrogens with one attached hydrogen (secondary N) is 2. The first kappa shape index (κ1) is 15.7. The van der Waals surface area contributed by atoms with Gasteiger partial charge < -0.3 is 10.6 Å². The predicted octanol–water partition coefficient (Wildman–Crippen LogP) is 2.81. The Labute approximate surface area is 116 Å². The number of carbonyl (C=O) groups excluding carboxylic acids is 1. The van der Waals surface area contributed by atoms with Crippen LogP contribution in [0.4, 0.5) is 0 Å². The third-order valence-electron chi connectivity index (χ3n) is 3.17. The highest BCUT2D eigenvalue weighted by Gasteiger charge is 2.09. The van der Waals surface area contributed by atoms with E-state index in [0.29, 0.717) is 12.5 Å². The van der Waals surface area contributed by atoms with Gasteiger partial charge in [-0.2, -0.15) is 0 Å². The minimum atomic E-state index is 0.0671. The van der Waals surface area contributed by atoms with Crippen LogP contribution in [0.3, 0.4) is 0 Å². The van der Waals surface area contributed by atoms with Crippen molar-refractivity contribution < 1.29 is 4.79 Å². The van der Waals surface area contributed by atoms with Crippen molar-refractivity contribution in [2.24, 2.45) is 0 Å². The zero-order chi connectivity index (χ0) is 14.3. The van der Waals surface area contributed by atoms with Crippen molar-refractivity contribution in [2.45, 2.75) is 52.6 Å². The van der Waals surface area contributed by atoms with Gasteiger partial charge in [0.15, 0.2) is 0 Å². The van der Waals surface area contributed by atoms with Crippen LogP contribution in [-0.2, 0) is 11.2 Å². The van der Waals surface area contributed by atoms with E-state index < -0.39 is 0 Å². The van der Waals surface area contributed by atoms with Gasteiger partial charge in [-0.15, -0.1) is 0 Å². The Balaban J connectivity index is 2.40. The van der Waals surface area contributed by atoms with Gasteiger partial charge in [-0.1, -0.05) is 45.0 Å². The molecule has 0 saturated heterocycles. The Morgan fingerprint density at radius 2 is 1.79 bits per heavy atom. The van der Waals surface area contributed by atoms with Gasteiger partial charge in [0, 0.05) is 19.0 Å². The van der Waals surface area contributed by atoms with E-state index in [0.717, 1.165) is 18.5 Å². The van der Waals surface area contributed by atoms with Crippen LogP contribution in [-0.4, -0.2) is 18.5 Å². The Hall–Kier alpha value is -1.35. The van der Waals surface area contributed by atoms with Crippen LogP contribution in [0.5, 0.6) is 0 Å². The lowest BCUT2D eigenvalue weighted by Crippen LogP contribution is -2.31. The molecule has 0 aromatic heterocycles. The zero-order valence-corrected chi connectivity index (χ0v) is 12.5. The molecule has 3 nitrogen and oxygen atoms in total. The Morgan fingerprint density at radius 3 is 2.32 bits per heavy atom. The van der Waals surface area contributed by atoms with Crippen molar-refractivity contribution in [3.8, 4) is 0 Å². The molecule has 0 aliphatic rings. The van der Waals surface area contributed by atoms with Gasteiger partial charge in [0.25, 0.3) is 0 Å². The standard InChI is InChI=1S/C16H26N2O/c1-5-14-6-8-15(9-7-14)13(4)18-16(19)10-11-17-12(2)3/h6-9,12-13,17H,5,10-11H2,1-4H3,(H,18,19). The molecule has 1 amide bonds. The second-order valence-corrected chi connectivity index (χ2v) is 5.24. The zero-order valence-electron chi connectivity index (χ0n) is 12.5. The summed E-state index contributed by atoms with van der Waals surface area (Å²) in [6.07, 6.45) is 1.57. The maximum Gasteiger partial charge on any atom is 0.221 e. The van der Waals surface area contributed by atoms with Crippen LogP contribution >= 0.6 is 0 Å². The summed E-state index contributed by atoms with van der Waals surface area (Å²) < 4.78 is 0. The van der Waals surface area contributed by atoms with E-state index in [1.807, 2.05) is 6.92 Å². The van der Waals surface area contributed by atoms with Crippen LogP contribution in [0.1, 0.15) is 51.3 Å². The molecule has 1 aromatic carbocycles. The highest BCUT2D eigenvalue weighted by molar-refractivity contribution is 5.76. The van der Waals surface area contributed by atoms with Crippen LogP contribution in [0.25, 0.3) is 0 Å². The molecule has 2 N–H and O–H groups in total. The molecular formula is C16H26N2O. The van der Waals surface area contributed by atoms with E-state index in [9.17, 15) is 4.79 Å². The van der Waals surface area contributed by atoms with Gasteiger partial charge in [0.05, 0.1) is 6.04 Å². The lowest BCUT2D eigenvalue weighted by Gasteiger charge is -2.15. The Kier molecular flexibility index (Phi) is 6.57. The Morgan fingerprint density at radius 1 is 1.16 bits per heavy atom. The molecule has 0 radical (unpaired) electrons. The summed E-state index contributed by atoms with van der Waals surface area (Å²) in [4.78, 5) is 11.8. The highest BCUT2D eigenvalue weighted by atomic mass is 16.1. The lowest BCUT2D eigenvalue weighted by atomic mass is 10.0. The largest absolute Gasteiger partial charge is 0.350 e. The molecule has 0 heterocycles. The lowest BCUT2D eigenvalue weighted by molar-refractivity contribution is -0.121. The predicted molar refractivity (Wildman–Crippen MR) is 80.1 cm³/mol. The first-order valence-electron chi connectivity index (χ1n) is 7.14. The van der Waals surface area contributed by atoms with E-state index in [1.54, 1.807) is 0 Å². The van der Waals surface area contributed by atoms with Gasteiger partial charge in [-0.3, -0.25) is 4.79 Å². The van der Waals surface area contributed by atoms with Gasteiger partial charge in [-0.25, -0.2) is 0 Å². The summed E-state index contributed by atoms with van der Waals surface area (Å²) in [5.41, 5.74) is 2.48. The molecule has 0 aliphatic carbocycles. The molecule has 19 heavy (non-hydrogen) atoms. The van der Waals surface area contributed by atoms with Gasteiger partial charge in [0.2, 0.25) is 5.91 Å².